The highest BCUT2D eigenvalue weighted by Gasteiger charge is 2.08. The Morgan fingerprint density at radius 1 is 1.11 bits per heavy atom. The van der Waals surface area contributed by atoms with Crippen molar-refractivity contribution in [2.75, 3.05) is 12.0 Å². The molecule has 2 aromatic rings. The second-order valence-corrected chi connectivity index (χ2v) is 7.16. The van der Waals surface area contributed by atoms with Crippen molar-refractivity contribution in [2.45, 2.75) is 14.7 Å². The van der Waals surface area contributed by atoms with Crippen LogP contribution in [0.4, 0.5) is 10.1 Å². The Balaban J connectivity index is 2.25. The van der Waals surface area contributed by atoms with E-state index in [1.165, 1.54) is 36.0 Å². The van der Waals surface area contributed by atoms with Crippen molar-refractivity contribution < 1.29 is 12.8 Å². The van der Waals surface area contributed by atoms with Crippen LogP contribution >= 0.6 is 11.8 Å². The van der Waals surface area contributed by atoms with E-state index in [1.807, 2.05) is 0 Å². The zero-order valence-electron chi connectivity index (χ0n) is 10.1. The number of nitrogens with two attached hydrogens (primary N) is 1. The van der Waals surface area contributed by atoms with Crippen LogP contribution in [0.15, 0.2) is 57.2 Å². The van der Waals surface area contributed by atoms with Gasteiger partial charge < -0.3 is 5.73 Å². The highest BCUT2D eigenvalue weighted by molar-refractivity contribution is 7.99. The maximum absolute atomic E-state index is 12.9. The number of hydrogen-bond acceptors (Lipinski definition) is 4. The van der Waals surface area contributed by atoms with Gasteiger partial charge in [0, 0.05) is 21.7 Å². The molecule has 100 valence electrons. The largest absolute Gasteiger partial charge is 0.398 e. The van der Waals surface area contributed by atoms with Crippen LogP contribution in [-0.2, 0) is 9.84 Å². The molecule has 19 heavy (non-hydrogen) atoms. The first-order valence-electron chi connectivity index (χ1n) is 5.39. The lowest BCUT2D eigenvalue weighted by molar-refractivity contribution is 0.602. The standard InChI is InChI=1S/C13H12FNO2S2/c1-19(16,17)11-5-3-10(4-6-11)18-13-7-2-9(14)8-12(13)15/h2-8H,15H2,1H3. The zero-order chi connectivity index (χ0) is 14.0. The summed E-state index contributed by atoms with van der Waals surface area (Å²) in [5.74, 6) is -0.380. The van der Waals surface area contributed by atoms with E-state index in [9.17, 15) is 12.8 Å². The molecule has 0 saturated carbocycles. The van der Waals surface area contributed by atoms with Crippen molar-refractivity contribution in [1.82, 2.24) is 0 Å². The molecule has 6 heteroatoms. The first kappa shape index (κ1) is 13.9. The van der Waals surface area contributed by atoms with E-state index in [0.29, 0.717) is 5.69 Å². The number of rotatable bonds is 3. The van der Waals surface area contributed by atoms with Gasteiger partial charge in [0.2, 0.25) is 0 Å². The second-order valence-electron chi connectivity index (χ2n) is 4.03. The molecule has 0 spiro atoms. The highest BCUT2D eigenvalue weighted by atomic mass is 32.2. The van der Waals surface area contributed by atoms with Gasteiger partial charge in [-0.25, -0.2) is 12.8 Å². The van der Waals surface area contributed by atoms with E-state index in [1.54, 1.807) is 18.2 Å². The SMILES string of the molecule is CS(=O)(=O)c1ccc(Sc2ccc(F)cc2N)cc1. The Labute approximate surface area is 115 Å². The van der Waals surface area contributed by atoms with Gasteiger partial charge in [-0.1, -0.05) is 11.8 Å². The average molecular weight is 297 g/mol. The van der Waals surface area contributed by atoms with Crippen LogP contribution in [0.25, 0.3) is 0 Å². The molecular formula is C13H12FNO2S2. The molecule has 3 nitrogen and oxygen atoms in total. The smallest absolute Gasteiger partial charge is 0.175 e. The summed E-state index contributed by atoms with van der Waals surface area (Å²) >= 11 is 1.36. The van der Waals surface area contributed by atoms with Crippen LogP contribution in [0.3, 0.4) is 0 Å². The van der Waals surface area contributed by atoms with Crippen LogP contribution in [0, 0.1) is 5.82 Å². The Bertz CT molecular complexity index is 697. The van der Waals surface area contributed by atoms with Gasteiger partial charge in [0.1, 0.15) is 5.82 Å². The van der Waals surface area contributed by atoms with E-state index in [-0.39, 0.29) is 10.7 Å². The molecule has 2 rings (SSSR count). The first-order chi connectivity index (χ1) is 8.86. The fourth-order valence-electron chi connectivity index (χ4n) is 1.49. The number of sulfone groups is 1. The van der Waals surface area contributed by atoms with E-state index in [2.05, 4.69) is 0 Å². The van der Waals surface area contributed by atoms with Crippen LogP contribution in [0.2, 0.25) is 0 Å². The van der Waals surface area contributed by atoms with Crippen molar-refractivity contribution in [3.63, 3.8) is 0 Å². The number of halogens is 1. The lowest BCUT2D eigenvalue weighted by Gasteiger charge is -2.06. The predicted octanol–water partition coefficient (Wildman–Crippen LogP) is 2.96. The van der Waals surface area contributed by atoms with Gasteiger partial charge in [0.25, 0.3) is 0 Å². The normalized spacial score (nSPS) is 11.5. The second kappa shape index (κ2) is 5.22. The zero-order valence-corrected chi connectivity index (χ0v) is 11.8. The molecule has 0 aliphatic carbocycles. The van der Waals surface area contributed by atoms with E-state index >= 15 is 0 Å². The fraction of sp³-hybridized carbons (Fsp3) is 0.0769. The molecule has 0 atom stereocenters. The van der Waals surface area contributed by atoms with Crippen molar-refractivity contribution in [3.05, 3.63) is 48.3 Å². The summed E-state index contributed by atoms with van der Waals surface area (Å²) in [7, 11) is -3.19. The number of benzene rings is 2. The summed E-state index contributed by atoms with van der Waals surface area (Å²) in [5.41, 5.74) is 6.07. The van der Waals surface area contributed by atoms with Gasteiger partial charge in [-0.05, 0) is 42.5 Å². The van der Waals surface area contributed by atoms with E-state index < -0.39 is 9.84 Å². The molecule has 0 radical (unpaired) electrons. The third-order valence-corrected chi connectivity index (χ3v) is 4.68. The molecule has 2 N–H and O–H groups in total. The molecule has 2 aromatic carbocycles. The fourth-order valence-corrected chi connectivity index (χ4v) is 2.96. The van der Waals surface area contributed by atoms with Crippen LogP contribution in [0.1, 0.15) is 0 Å². The number of nitrogen functional groups attached to an aromatic ring is 1. The van der Waals surface area contributed by atoms with Crippen LogP contribution < -0.4 is 5.73 Å². The quantitative estimate of drug-likeness (QED) is 0.885. The minimum Gasteiger partial charge on any atom is -0.398 e. The summed E-state index contributed by atoms with van der Waals surface area (Å²) in [6.45, 7) is 0. The summed E-state index contributed by atoms with van der Waals surface area (Å²) in [5, 5.41) is 0. The van der Waals surface area contributed by atoms with Crippen molar-refractivity contribution in [1.29, 1.82) is 0 Å². The summed E-state index contributed by atoms with van der Waals surface area (Å²) in [6, 6.07) is 10.7. The third-order valence-electron chi connectivity index (χ3n) is 2.45. The van der Waals surface area contributed by atoms with Crippen molar-refractivity contribution in [3.8, 4) is 0 Å². The maximum atomic E-state index is 12.9. The lowest BCUT2D eigenvalue weighted by Crippen LogP contribution is -1.96. The molecule has 0 unspecified atom stereocenters. The summed E-state index contributed by atoms with van der Waals surface area (Å²) < 4.78 is 35.6. The van der Waals surface area contributed by atoms with Crippen LogP contribution in [-0.4, -0.2) is 14.7 Å². The first-order valence-corrected chi connectivity index (χ1v) is 8.10. The molecule has 0 aliphatic heterocycles. The summed E-state index contributed by atoms with van der Waals surface area (Å²) in [4.78, 5) is 1.84. The van der Waals surface area contributed by atoms with Gasteiger partial charge in [-0.3, -0.25) is 0 Å². The van der Waals surface area contributed by atoms with Crippen molar-refractivity contribution >= 4 is 27.3 Å². The molecule has 0 bridgehead atoms. The molecule has 0 amide bonds. The molecule has 0 aliphatic rings. The topological polar surface area (TPSA) is 60.2 Å². The molecule has 0 fully saturated rings. The third kappa shape index (κ3) is 3.48. The Morgan fingerprint density at radius 2 is 1.74 bits per heavy atom. The Morgan fingerprint density at radius 3 is 2.26 bits per heavy atom. The molecule has 0 saturated heterocycles. The Kier molecular flexibility index (Phi) is 3.82. The maximum Gasteiger partial charge on any atom is 0.175 e. The minimum absolute atomic E-state index is 0.268. The average Bonchev–Trinajstić information content (AvgIpc) is 2.32. The number of hydrogen-bond donors (Lipinski definition) is 1. The predicted molar refractivity (Wildman–Crippen MR) is 74.5 cm³/mol. The molecule has 0 aromatic heterocycles. The van der Waals surface area contributed by atoms with Gasteiger partial charge in [0.15, 0.2) is 9.84 Å². The van der Waals surface area contributed by atoms with Crippen LogP contribution in [0.5, 0.6) is 0 Å². The van der Waals surface area contributed by atoms with Gasteiger partial charge in [0.05, 0.1) is 4.90 Å². The lowest BCUT2D eigenvalue weighted by atomic mass is 10.3. The molecule has 0 heterocycles. The van der Waals surface area contributed by atoms with Gasteiger partial charge in [-0.15, -0.1) is 0 Å². The monoisotopic (exact) mass is 297 g/mol. The van der Waals surface area contributed by atoms with E-state index in [0.717, 1.165) is 16.0 Å². The van der Waals surface area contributed by atoms with E-state index in [4.69, 9.17) is 5.73 Å². The summed E-state index contributed by atoms with van der Waals surface area (Å²) in [6.07, 6.45) is 1.16. The molecular weight excluding hydrogens is 285 g/mol. The van der Waals surface area contributed by atoms with Crippen molar-refractivity contribution in [2.24, 2.45) is 0 Å². The minimum atomic E-state index is -3.19. The number of anilines is 1. The van der Waals surface area contributed by atoms with Gasteiger partial charge >= 0.3 is 0 Å². The Hall–Kier alpha value is -1.53. The highest BCUT2D eigenvalue weighted by Crippen LogP contribution is 2.32. The van der Waals surface area contributed by atoms with Gasteiger partial charge in [-0.2, -0.15) is 0 Å².